The summed E-state index contributed by atoms with van der Waals surface area (Å²) in [6.45, 7) is 3.02. The van der Waals surface area contributed by atoms with Gasteiger partial charge in [0.1, 0.15) is 16.0 Å². The number of hydrogen-bond acceptors (Lipinski definition) is 3. The first-order valence-electron chi connectivity index (χ1n) is 9.41. The van der Waals surface area contributed by atoms with Crippen molar-refractivity contribution in [3.05, 3.63) is 75.0 Å². The summed E-state index contributed by atoms with van der Waals surface area (Å²) in [4.78, 5) is 19.0. The van der Waals surface area contributed by atoms with E-state index in [-0.39, 0.29) is 16.5 Å². The monoisotopic (exact) mass is 498 g/mol. The van der Waals surface area contributed by atoms with Crippen LogP contribution in [-0.4, -0.2) is 25.0 Å². The number of amides is 1. The number of rotatable bonds is 5. The minimum atomic E-state index is -1.44. The zero-order chi connectivity index (χ0) is 23.8. The lowest BCUT2D eigenvalue weighted by Crippen LogP contribution is -2.42. The number of nitrogens with zero attached hydrogens (tertiary/aromatic N) is 2. The second-order valence-corrected chi connectivity index (χ2v) is 8.73. The van der Waals surface area contributed by atoms with Gasteiger partial charge in [-0.05, 0) is 32.0 Å². The second kappa shape index (κ2) is 9.22. The maximum absolute atomic E-state index is 14.9. The smallest absolute Gasteiger partial charge is 0.236 e. The van der Waals surface area contributed by atoms with Crippen molar-refractivity contribution in [2.75, 3.05) is 19.1 Å². The van der Waals surface area contributed by atoms with Crippen molar-refractivity contribution in [3.63, 3.8) is 0 Å². The fourth-order valence-electron chi connectivity index (χ4n) is 3.41. The van der Waals surface area contributed by atoms with Crippen molar-refractivity contribution in [2.24, 2.45) is 0 Å². The minimum absolute atomic E-state index is 0.112. The molecule has 3 rings (SSSR count). The molecule has 0 radical (unpaired) electrons. The van der Waals surface area contributed by atoms with Gasteiger partial charge in [-0.3, -0.25) is 4.79 Å². The number of anilines is 1. The normalized spacial score (nSPS) is 11.4. The lowest BCUT2D eigenvalue weighted by Gasteiger charge is -2.31. The maximum Gasteiger partial charge on any atom is 0.236 e. The van der Waals surface area contributed by atoms with Gasteiger partial charge in [0.05, 0.1) is 24.4 Å². The van der Waals surface area contributed by atoms with Crippen LogP contribution in [0.3, 0.4) is 0 Å². The Morgan fingerprint density at radius 3 is 2.34 bits per heavy atom. The minimum Gasteiger partial charge on any atom is -0.494 e. The number of carbonyl (C=O) groups excluding carboxylic acids is 1. The van der Waals surface area contributed by atoms with Gasteiger partial charge < -0.3 is 9.64 Å². The van der Waals surface area contributed by atoms with Gasteiger partial charge in [-0.25, -0.2) is 13.8 Å². The molecule has 0 aliphatic carbocycles. The van der Waals surface area contributed by atoms with Crippen LogP contribution in [0.2, 0.25) is 15.2 Å². The summed E-state index contributed by atoms with van der Waals surface area (Å²) < 4.78 is 34.0. The third kappa shape index (κ3) is 4.27. The van der Waals surface area contributed by atoms with E-state index in [1.54, 1.807) is 30.3 Å². The van der Waals surface area contributed by atoms with Gasteiger partial charge in [0.15, 0.2) is 11.6 Å². The Kier molecular flexibility index (Phi) is 6.98. The summed E-state index contributed by atoms with van der Waals surface area (Å²) in [5.74, 6) is -2.83. The van der Waals surface area contributed by atoms with Gasteiger partial charge in [0.25, 0.3) is 0 Å². The van der Waals surface area contributed by atoms with Crippen molar-refractivity contribution in [1.29, 1.82) is 0 Å². The lowest BCUT2D eigenvalue weighted by atomic mass is 9.82. The molecule has 32 heavy (non-hydrogen) atoms. The molecule has 4 nitrogen and oxygen atoms in total. The lowest BCUT2D eigenvalue weighted by molar-refractivity contribution is -0.122. The first kappa shape index (κ1) is 24.2. The number of hydrogen-bond donors (Lipinski definition) is 0. The molecule has 0 N–H and O–H groups in total. The van der Waals surface area contributed by atoms with Gasteiger partial charge >= 0.3 is 0 Å². The van der Waals surface area contributed by atoms with Crippen molar-refractivity contribution in [1.82, 2.24) is 4.98 Å². The number of halogens is 5. The molecule has 0 saturated heterocycles. The number of methoxy groups -OCH3 is 1. The van der Waals surface area contributed by atoms with Crippen LogP contribution in [0.25, 0.3) is 11.1 Å². The van der Waals surface area contributed by atoms with E-state index in [1.165, 1.54) is 39.1 Å². The Hall–Kier alpha value is -2.41. The predicted octanol–water partition coefficient (Wildman–Crippen LogP) is 6.94. The number of carbonyl (C=O) groups is 1. The van der Waals surface area contributed by atoms with Crippen LogP contribution in [0.15, 0.2) is 42.6 Å². The Morgan fingerprint density at radius 1 is 1.06 bits per heavy atom. The Balaban J connectivity index is 2.12. The molecule has 1 aromatic heterocycles. The molecule has 1 heterocycles. The highest BCUT2D eigenvalue weighted by atomic mass is 35.5. The van der Waals surface area contributed by atoms with Gasteiger partial charge in [-0.2, -0.15) is 0 Å². The van der Waals surface area contributed by atoms with Crippen LogP contribution in [0.5, 0.6) is 5.75 Å². The number of pyridine rings is 1. The topological polar surface area (TPSA) is 42.4 Å². The molecule has 0 saturated carbocycles. The summed E-state index contributed by atoms with van der Waals surface area (Å²) in [5.41, 5.74) is 0.0573. The molecule has 0 aliphatic rings. The van der Waals surface area contributed by atoms with E-state index in [0.717, 1.165) is 6.07 Å². The molecule has 168 valence electrons. The van der Waals surface area contributed by atoms with Crippen LogP contribution < -0.4 is 9.64 Å². The number of aromatic nitrogens is 1. The molecular formula is C23H19Cl3F2N2O2. The van der Waals surface area contributed by atoms with E-state index in [1.807, 2.05) is 0 Å². The quantitative estimate of drug-likeness (QED) is 0.282. The van der Waals surface area contributed by atoms with E-state index in [4.69, 9.17) is 39.5 Å². The van der Waals surface area contributed by atoms with Gasteiger partial charge in [0.2, 0.25) is 5.91 Å². The molecule has 0 fully saturated rings. The Bertz CT molecular complexity index is 1200. The van der Waals surface area contributed by atoms with E-state index in [0.29, 0.717) is 21.8 Å². The van der Waals surface area contributed by atoms with Crippen molar-refractivity contribution >= 4 is 46.4 Å². The van der Waals surface area contributed by atoms with Gasteiger partial charge in [-0.15, -0.1) is 0 Å². The Morgan fingerprint density at radius 2 is 1.72 bits per heavy atom. The highest BCUT2D eigenvalue weighted by molar-refractivity contribution is 6.34. The fourth-order valence-corrected chi connectivity index (χ4v) is 4.00. The number of likely N-dealkylation sites (N-methyl/N-ethyl adjacent to an activating group) is 1. The van der Waals surface area contributed by atoms with Crippen molar-refractivity contribution in [3.8, 4) is 16.9 Å². The molecule has 0 bridgehead atoms. The summed E-state index contributed by atoms with van der Waals surface area (Å²) in [7, 11) is 2.75. The van der Waals surface area contributed by atoms with Crippen LogP contribution in [-0.2, 0) is 10.2 Å². The first-order chi connectivity index (χ1) is 15.0. The highest BCUT2D eigenvalue weighted by Crippen LogP contribution is 2.40. The summed E-state index contributed by atoms with van der Waals surface area (Å²) in [6, 6.07) is 9.80. The molecule has 9 heteroatoms. The van der Waals surface area contributed by atoms with E-state index >= 15 is 0 Å². The van der Waals surface area contributed by atoms with Crippen molar-refractivity contribution in [2.45, 2.75) is 19.3 Å². The predicted molar refractivity (Wildman–Crippen MR) is 124 cm³/mol. The third-order valence-corrected chi connectivity index (χ3v) is 6.09. The largest absolute Gasteiger partial charge is 0.494 e. The molecule has 0 aliphatic heterocycles. The third-order valence-electron chi connectivity index (χ3n) is 5.22. The SMILES string of the molecule is COc1cc(C(C)(C)C(=O)N(C)c2cnc(Cl)cc2-c2ccccc2Cl)c(F)c(Cl)c1F. The second-order valence-electron chi connectivity index (χ2n) is 7.56. The van der Waals surface area contributed by atoms with Gasteiger partial charge in [0, 0.05) is 28.8 Å². The molecular weight excluding hydrogens is 481 g/mol. The first-order valence-corrected chi connectivity index (χ1v) is 10.5. The average molecular weight is 500 g/mol. The summed E-state index contributed by atoms with van der Waals surface area (Å²) in [6.07, 6.45) is 1.43. The fraction of sp³-hybridized carbons (Fsp3) is 0.217. The summed E-state index contributed by atoms with van der Waals surface area (Å²) >= 11 is 18.3. The van der Waals surface area contributed by atoms with E-state index in [9.17, 15) is 13.6 Å². The average Bonchev–Trinajstić information content (AvgIpc) is 2.76. The molecule has 0 atom stereocenters. The van der Waals surface area contributed by atoms with E-state index in [2.05, 4.69) is 4.98 Å². The summed E-state index contributed by atoms with van der Waals surface area (Å²) in [5, 5.41) is -0.0742. The van der Waals surface area contributed by atoms with Gasteiger partial charge in [-0.1, -0.05) is 53.0 Å². The molecule has 0 spiro atoms. The zero-order valence-corrected chi connectivity index (χ0v) is 19.9. The van der Waals surface area contributed by atoms with Crippen LogP contribution in [0, 0.1) is 11.6 Å². The van der Waals surface area contributed by atoms with Crippen LogP contribution in [0.1, 0.15) is 19.4 Å². The van der Waals surface area contributed by atoms with Crippen LogP contribution >= 0.6 is 34.8 Å². The zero-order valence-electron chi connectivity index (χ0n) is 17.6. The molecule has 2 aromatic carbocycles. The molecule has 0 unspecified atom stereocenters. The number of benzene rings is 2. The van der Waals surface area contributed by atoms with E-state index < -0.39 is 28.0 Å². The maximum atomic E-state index is 14.9. The van der Waals surface area contributed by atoms with Crippen molar-refractivity contribution < 1.29 is 18.3 Å². The Labute approximate surface area is 199 Å². The standard InChI is InChI=1S/C23H19Cl3F2N2O2/c1-23(2,14-10-17(32-4)21(28)19(26)20(14)27)22(31)30(3)16-11-29-18(25)9-13(16)12-7-5-6-8-15(12)24/h5-11H,1-4H3. The molecule has 1 amide bonds. The number of ether oxygens (including phenoxy) is 1. The molecule has 3 aromatic rings. The highest BCUT2D eigenvalue weighted by Gasteiger charge is 2.38. The van der Waals surface area contributed by atoms with Crippen LogP contribution in [0.4, 0.5) is 14.5 Å².